The van der Waals surface area contributed by atoms with Crippen LogP contribution in [0.5, 0.6) is 0 Å². The Kier molecular flexibility index (Phi) is 4.84. The molecule has 1 aromatic carbocycles. The van der Waals surface area contributed by atoms with Crippen LogP contribution in [0.2, 0.25) is 0 Å². The Morgan fingerprint density at radius 2 is 2.19 bits per heavy atom. The molecule has 1 rings (SSSR count). The van der Waals surface area contributed by atoms with Gasteiger partial charge < -0.3 is 0 Å². The number of halogens is 1. The molecule has 0 saturated carbocycles. The number of thioether (sulfide) groups is 1. The predicted octanol–water partition coefficient (Wildman–Crippen LogP) is 2.46. The lowest BCUT2D eigenvalue weighted by atomic mass is 10.2. The van der Waals surface area contributed by atoms with Crippen LogP contribution >= 0.6 is 27.7 Å². The van der Waals surface area contributed by atoms with E-state index < -0.39 is 9.84 Å². The summed E-state index contributed by atoms with van der Waals surface area (Å²) in [6.45, 7) is 0. The summed E-state index contributed by atoms with van der Waals surface area (Å²) in [5.41, 5.74) is 0.576. The van der Waals surface area contributed by atoms with Crippen LogP contribution in [-0.4, -0.2) is 26.2 Å². The quantitative estimate of drug-likeness (QED) is 0.800. The minimum atomic E-state index is -2.90. The smallest absolute Gasteiger partial charge is 0.148 e. The van der Waals surface area contributed by atoms with E-state index in [1.807, 2.05) is 12.1 Å². The average molecular weight is 320 g/mol. The minimum Gasteiger partial charge on any atom is -0.229 e. The van der Waals surface area contributed by atoms with Gasteiger partial charge in [-0.25, -0.2) is 8.42 Å². The van der Waals surface area contributed by atoms with Gasteiger partial charge >= 0.3 is 0 Å². The Balaban J connectivity index is 2.63. The van der Waals surface area contributed by atoms with E-state index in [2.05, 4.69) is 22.0 Å². The Morgan fingerprint density at radius 1 is 1.50 bits per heavy atom. The maximum Gasteiger partial charge on any atom is 0.148 e. The van der Waals surface area contributed by atoms with Gasteiger partial charge in [-0.2, -0.15) is 5.26 Å². The normalized spacial score (nSPS) is 11.1. The molecule has 0 unspecified atom stereocenters. The van der Waals surface area contributed by atoms with Crippen molar-refractivity contribution in [3.05, 3.63) is 28.2 Å². The summed E-state index contributed by atoms with van der Waals surface area (Å²) >= 11 is 4.75. The molecule has 0 heterocycles. The van der Waals surface area contributed by atoms with Crippen LogP contribution in [0.3, 0.4) is 0 Å². The first-order valence-electron chi connectivity index (χ1n) is 4.42. The zero-order chi connectivity index (χ0) is 12.2. The molecule has 0 aliphatic heterocycles. The SMILES string of the molecule is CS(=O)(=O)CCSc1ccc(C#N)c(Br)c1. The molecule has 0 amide bonds. The summed E-state index contributed by atoms with van der Waals surface area (Å²) < 4.78 is 22.6. The van der Waals surface area contributed by atoms with Gasteiger partial charge in [0, 0.05) is 21.4 Å². The monoisotopic (exact) mass is 319 g/mol. The summed E-state index contributed by atoms with van der Waals surface area (Å²) in [5.74, 6) is 0.687. The van der Waals surface area contributed by atoms with Crippen molar-refractivity contribution in [1.29, 1.82) is 5.26 Å². The average Bonchev–Trinajstić information content (AvgIpc) is 2.16. The molecule has 0 aliphatic carbocycles. The summed E-state index contributed by atoms with van der Waals surface area (Å²) in [6, 6.07) is 7.41. The van der Waals surface area contributed by atoms with Crippen molar-refractivity contribution >= 4 is 37.5 Å². The second-order valence-electron chi connectivity index (χ2n) is 3.23. The fourth-order valence-corrected chi connectivity index (χ4v) is 3.75. The third kappa shape index (κ3) is 4.56. The second kappa shape index (κ2) is 5.71. The molecule has 16 heavy (non-hydrogen) atoms. The van der Waals surface area contributed by atoms with Crippen molar-refractivity contribution in [3.8, 4) is 6.07 Å². The van der Waals surface area contributed by atoms with E-state index in [1.54, 1.807) is 6.07 Å². The Morgan fingerprint density at radius 3 is 2.69 bits per heavy atom. The van der Waals surface area contributed by atoms with E-state index in [9.17, 15) is 8.42 Å². The highest BCUT2D eigenvalue weighted by molar-refractivity contribution is 9.10. The van der Waals surface area contributed by atoms with Crippen LogP contribution in [0.25, 0.3) is 0 Å². The van der Waals surface area contributed by atoms with Gasteiger partial charge in [0.25, 0.3) is 0 Å². The first kappa shape index (κ1) is 13.6. The molecule has 0 atom stereocenters. The van der Waals surface area contributed by atoms with Gasteiger partial charge in [0.05, 0.1) is 11.3 Å². The summed E-state index contributed by atoms with van der Waals surface area (Å²) in [6.07, 6.45) is 1.22. The molecule has 0 aliphatic rings. The molecule has 0 saturated heterocycles. The van der Waals surface area contributed by atoms with Crippen LogP contribution in [0, 0.1) is 11.3 Å². The number of hydrogen-bond acceptors (Lipinski definition) is 4. The fourth-order valence-electron chi connectivity index (χ4n) is 0.987. The third-order valence-electron chi connectivity index (χ3n) is 1.78. The van der Waals surface area contributed by atoms with Crippen LogP contribution in [0.15, 0.2) is 27.6 Å². The number of nitrogens with zero attached hydrogens (tertiary/aromatic N) is 1. The molecule has 0 aromatic heterocycles. The van der Waals surface area contributed by atoms with Crippen molar-refractivity contribution in [2.45, 2.75) is 4.90 Å². The van der Waals surface area contributed by atoms with E-state index in [0.29, 0.717) is 11.3 Å². The van der Waals surface area contributed by atoms with E-state index >= 15 is 0 Å². The number of sulfone groups is 1. The number of nitriles is 1. The lowest BCUT2D eigenvalue weighted by molar-refractivity contribution is 0.603. The highest BCUT2D eigenvalue weighted by Crippen LogP contribution is 2.24. The van der Waals surface area contributed by atoms with Crippen LogP contribution in [0.4, 0.5) is 0 Å². The van der Waals surface area contributed by atoms with Gasteiger partial charge in [0.15, 0.2) is 0 Å². The molecular weight excluding hydrogens is 310 g/mol. The highest BCUT2D eigenvalue weighted by atomic mass is 79.9. The van der Waals surface area contributed by atoms with Crippen molar-refractivity contribution in [3.63, 3.8) is 0 Å². The number of hydrogen-bond donors (Lipinski definition) is 0. The second-order valence-corrected chi connectivity index (χ2v) is 7.51. The predicted molar refractivity (Wildman–Crippen MR) is 69.3 cm³/mol. The number of rotatable bonds is 4. The fraction of sp³-hybridized carbons (Fsp3) is 0.300. The highest BCUT2D eigenvalue weighted by Gasteiger charge is 2.04. The Hall–Kier alpha value is -0.510. The largest absolute Gasteiger partial charge is 0.229 e. The summed E-state index contributed by atoms with van der Waals surface area (Å²) in [5, 5.41) is 8.73. The van der Waals surface area contributed by atoms with Gasteiger partial charge in [0.2, 0.25) is 0 Å². The standard InChI is InChI=1S/C10H10BrNO2S2/c1-16(13,14)5-4-15-9-3-2-8(7-12)10(11)6-9/h2-3,6H,4-5H2,1H3. The number of benzene rings is 1. The molecule has 0 N–H and O–H groups in total. The van der Waals surface area contributed by atoms with Crippen molar-refractivity contribution in [2.75, 3.05) is 17.8 Å². The lowest BCUT2D eigenvalue weighted by Gasteiger charge is -2.02. The van der Waals surface area contributed by atoms with Gasteiger partial charge in [-0.1, -0.05) is 0 Å². The maximum atomic E-state index is 10.9. The first-order chi connectivity index (χ1) is 7.42. The zero-order valence-electron chi connectivity index (χ0n) is 8.60. The molecule has 0 spiro atoms. The summed E-state index contributed by atoms with van der Waals surface area (Å²) in [7, 11) is -2.90. The molecule has 3 nitrogen and oxygen atoms in total. The minimum absolute atomic E-state index is 0.162. The van der Waals surface area contributed by atoms with Crippen LogP contribution in [-0.2, 0) is 9.84 Å². The van der Waals surface area contributed by atoms with E-state index in [0.717, 1.165) is 9.37 Å². The summed E-state index contributed by atoms with van der Waals surface area (Å²) in [4.78, 5) is 0.953. The topological polar surface area (TPSA) is 57.9 Å². The van der Waals surface area contributed by atoms with E-state index in [1.165, 1.54) is 18.0 Å². The molecule has 1 aromatic rings. The molecular formula is C10H10BrNO2S2. The van der Waals surface area contributed by atoms with E-state index in [-0.39, 0.29) is 5.75 Å². The van der Waals surface area contributed by atoms with Crippen molar-refractivity contribution in [2.24, 2.45) is 0 Å². The lowest BCUT2D eigenvalue weighted by Crippen LogP contribution is -2.04. The molecule has 0 fully saturated rings. The Bertz CT molecular complexity index is 520. The third-order valence-corrected chi connectivity index (χ3v) is 4.64. The van der Waals surface area contributed by atoms with Crippen LogP contribution < -0.4 is 0 Å². The molecule has 0 radical (unpaired) electrons. The molecule has 86 valence electrons. The van der Waals surface area contributed by atoms with Gasteiger partial charge in [-0.05, 0) is 34.1 Å². The molecule has 0 bridgehead atoms. The Labute approximate surface area is 108 Å². The maximum absolute atomic E-state index is 10.9. The molecule has 6 heteroatoms. The van der Waals surface area contributed by atoms with Gasteiger partial charge in [-0.15, -0.1) is 11.8 Å². The van der Waals surface area contributed by atoms with Gasteiger partial charge in [-0.3, -0.25) is 0 Å². The first-order valence-corrected chi connectivity index (χ1v) is 8.26. The van der Waals surface area contributed by atoms with Crippen molar-refractivity contribution in [1.82, 2.24) is 0 Å². The van der Waals surface area contributed by atoms with Gasteiger partial charge in [0.1, 0.15) is 15.9 Å². The zero-order valence-corrected chi connectivity index (χ0v) is 11.8. The van der Waals surface area contributed by atoms with Crippen LogP contribution in [0.1, 0.15) is 5.56 Å². The van der Waals surface area contributed by atoms with E-state index in [4.69, 9.17) is 5.26 Å². The van der Waals surface area contributed by atoms with Crippen molar-refractivity contribution < 1.29 is 8.42 Å².